The fraction of sp³-hybridized carbons (Fsp3) is 1.00. The number of nitrogens with one attached hydrogen (secondary N) is 1. The van der Waals surface area contributed by atoms with Crippen molar-refractivity contribution in [2.45, 2.75) is 12.5 Å². The van der Waals surface area contributed by atoms with E-state index >= 15 is 0 Å². The van der Waals surface area contributed by atoms with E-state index in [9.17, 15) is 0 Å². The first kappa shape index (κ1) is 4.77. The van der Waals surface area contributed by atoms with E-state index in [1.807, 2.05) is 0 Å². The first-order valence-electron chi connectivity index (χ1n) is 3.35. The molecule has 3 atom stereocenters. The summed E-state index contributed by atoms with van der Waals surface area (Å²) in [7, 11) is 0. The van der Waals surface area contributed by atoms with Crippen LogP contribution < -0.4 is 11.1 Å². The van der Waals surface area contributed by atoms with Crippen LogP contribution in [0.25, 0.3) is 0 Å². The van der Waals surface area contributed by atoms with Crippen LogP contribution in [-0.4, -0.2) is 19.1 Å². The molecule has 3 aliphatic rings. The van der Waals surface area contributed by atoms with Crippen molar-refractivity contribution in [3.8, 4) is 0 Å². The molecule has 0 aromatic rings. The van der Waals surface area contributed by atoms with Gasteiger partial charge in [0.1, 0.15) is 0 Å². The summed E-state index contributed by atoms with van der Waals surface area (Å²) in [5.74, 6) is 1.76. The molecule has 46 valence electrons. The molecule has 8 heavy (non-hydrogen) atoms. The van der Waals surface area contributed by atoms with E-state index in [-0.39, 0.29) is 0 Å². The van der Waals surface area contributed by atoms with Gasteiger partial charge in [0.15, 0.2) is 0 Å². The normalized spacial score (nSPS) is 51.4. The Hall–Kier alpha value is -0.0800. The van der Waals surface area contributed by atoms with Crippen LogP contribution in [0.2, 0.25) is 0 Å². The Bertz CT molecular complexity index is 88.7. The molecule has 2 aliphatic heterocycles. The minimum Gasteiger partial charge on any atom is -0.330 e. The zero-order chi connectivity index (χ0) is 5.56. The lowest BCUT2D eigenvalue weighted by atomic mass is 9.74. The standard InChI is InChI=1S/C6H12N2/c7-2-5-4-1-6(5)8-3-4/h4-6,8H,1-3,7H2/t4-,5+,6-/m0/s1. The van der Waals surface area contributed by atoms with Crippen LogP contribution in [0, 0.1) is 11.8 Å². The molecule has 0 aromatic heterocycles. The Balaban J connectivity index is 2.02. The van der Waals surface area contributed by atoms with Crippen molar-refractivity contribution in [3.63, 3.8) is 0 Å². The van der Waals surface area contributed by atoms with E-state index < -0.39 is 0 Å². The van der Waals surface area contributed by atoms with Gasteiger partial charge >= 0.3 is 0 Å². The van der Waals surface area contributed by atoms with Gasteiger partial charge in [-0.3, -0.25) is 0 Å². The molecule has 0 unspecified atom stereocenters. The second-order valence-corrected chi connectivity index (χ2v) is 2.91. The highest BCUT2D eigenvalue weighted by atomic mass is 15.0. The van der Waals surface area contributed by atoms with E-state index in [2.05, 4.69) is 5.32 Å². The van der Waals surface area contributed by atoms with Gasteiger partial charge in [-0.2, -0.15) is 0 Å². The number of rotatable bonds is 1. The lowest BCUT2D eigenvalue weighted by Gasteiger charge is -2.33. The zero-order valence-electron chi connectivity index (χ0n) is 4.93. The molecule has 0 spiro atoms. The molecule has 2 bridgehead atoms. The smallest absolute Gasteiger partial charge is 0.0114 e. The maximum Gasteiger partial charge on any atom is 0.0114 e. The Morgan fingerprint density at radius 2 is 2.50 bits per heavy atom. The van der Waals surface area contributed by atoms with Gasteiger partial charge in [0.2, 0.25) is 0 Å². The average molecular weight is 112 g/mol. The van der Waals surface area contributed by atoms with Gasteiger partial charge in [-0.15, -0.1) is 0 Å². The molecule has 2 heterocycles. The van der Waals surface area contributed by atoms with Crippen LogP contribution in [0.1, 0.15) is 6.42 Å². The zero-order valence-corrected chi connectivity index (χ0v) is 4.93. The summed E-state index contributed by atoms with van der Waals surface area (Å²) in [5, 5.41) is 3.41. The third-order valence-electron chi connectivity index (χ3n) is 2.59. The number of fused-ring (bicyclic) bond motifs is 1. The van der Waals surface area contributed by atoms with Crippen LogP contribution >= 0.6 is 0 Å². The minimum atomic E-state index is 0.796. The molecule has 3 N–H and O–H groups in total. The van der Waals surface area contributed by atoms with E-state index in [4.69, 9.17) is 5.73 Å². The topological polar surface area (TPSA) is 38.0 Å². The van der Waals surface area contributed by atoms with E-state index in [0.29, 0.717) is 0 Å². The van der Waals surface area contributed by atoms with Crippen LogP contribution in [0.4, 0.5) is 0 Å². The molecular weight excluding hydrogens is 100 g/mol. The van der Waals surface area contributed by atoms with Gasteiger partial charge < -0.3 is 11.1 Å². The summed E-state index contributed by atoms with van der Waals surface area (Å²) in [6.07, 6.45) is 1.39. The molecule has 3 rings (SSSR count). The minimum absolute atomic E-state index is 0.796. The highest BCUT2D eigenvalue weighted by Gasteiger charge is 2.45. The van der Waals surface area contributed by atoms with E-state index in [1.54, 1.807) is 0 Å². The van der Waals surface area contributed by atoms with Crippen molar-refractivity contribution in [2.24, 2.45) is 17.6 Å². The number of hydrogen-bond donors (Lipinski definition) is 2. The fourth-order valence-corrected chi connectivity index (χ4v) is 1.94. The first-order chi connectivity index (χ1) is 3.92. The first-order valence-corrected chi connectivity index (χ1v) is 3.35. The maximum atomic E-state index is 5.51. The quantitative estimate of drug-likeness (QED) is 0.482. The molecule has 0 aromatic carbocycles. The van der Waals surface area contributed by atoms with E-state index in [1.165, 1.54) is 13.0 Å². The van der Waals surface area contributed by atoms with Crippen molar-refractivity contribution >= 4 is 0 Å². The monoisotopic (exact) mass is 112 g/mol. The predicted molar refractivity (Wildman–Crippen MR) is 32.4 cm³/mol. The summed E-state index contributed by atoms with van der Waals surface area (Å²) >= 11 is 0. The van der Waals surface area contributed by atoms with Crippen LogP contribution in [-0.2, 0) is 0 Å². The van der Waals surface area contributed by atoms with Gasteiger partial charge in [0.25, 0.3) is 0 Å². The third-order valence-corrected chi connectivity index (χ3v) is 2.59. The maximum absolute atomic E-state index is 5.51. The summed E-state index contributed by atoms with van der Waals surface area (Å²) in [6, 6.07) is 0.796. The molecule has 2 heteroatoms. The van der Waals surface area contributed by atoms with Gasteiger partial charge in [-0.25, -0.2) is 0 Å². The van der Waals surface area contributed by atoms with Crippen LogP contribution in [0.3, 0.4) is 0 Å². The summed E-state index contributed by atoms with van der Waals surface area (Å²) in [4.78, 5) is 0. The predicted octanol–water partition coefficient (Wildman–Crippen LogP) is -0.447. The van der Waals surface area contributed by atoms with Crippen molar-refractivity contribution in [3.05, 3.63) is 0 Å². The number of nitrogens with two attached hydrogens (primary N) is 1. The van der Waals surface area contributed by atoms with Gasteiger partial charge in [-0.05, 0) is 31.3 Å². The molecule has 2 saturated heterocycles. The lowest BCUT2D eigenvalue weighted by Crippen LogP contribution is -2.41. The Labute approximate surface area is 49.4 Å². The second kappa shape index (κ2) is 1.45. The summed E-state index contributed by atoms with van der Waals surface area (Å²) < 4.78 is 0. The Morgan fingerprint density at radius 1 is 1.62 bits per heavy atom. The van der Waals surface area contributed by atoms with Crippen molar-refractivity contribution in [2.75, 3.05) is 13.1 Å². The molecular formula is C6H12N2. The van der Waals surface area contributed by atoms with Crippen LogP contribution in [0.5, 0.6) is 0 Å². The second-order valence-electron chi connectivity index (χ2n) is 2.91. The highest BCUT2D eigenvalue weighted by molar-refractivity contribution is 5.02. The SMILES string of the molecule is NC[C@@H]1[C@@H]2CN[C@H]1C2. The average Bonchev–Trinajstić information content (AvgIpc) is 2.19. The molecule has 0 amide bonds. The molecule has 2 nitrogen and oxygen atoms in total. The Morgan fingerprint density at radius 3 is 2.75 bits per heavy atom. The van der Waals surface area contributed by atoms with Gasteiger partial charge in [0, 0.05) is 6.04 Å². The van der Waals surface area contributed by atoms with Crippen molar-refractivity contribution in [1.82, 2.24) is 5.32 Å². The molecule has 3 fully saturated rings. The summed E-state index contributed by atoms with van der Waals surface area (Å²) in [6.45, 7) is 2.12. The third kappa shape index (κ3) is 0.400. The van der Waals surface area contributed by atoms with Crippen LogP contribution in [0.15, 0.2) is 0 Å². The largest absolute Gasteiger partial charge is 0.330 e. The van der Waals surface area contributed by atoms with Gasteiger partial charge in [-0.1, -0.05) is 0 Å². The fourth-order valence-electron chi connectivity index (χ4n) is 1.94. The highest BCUT2D eigenvalue weighted by Crippen LogP contribution is 2.38. The molecule has 1 aliphatic carbocycles. The Kier molecular flexibility index (Phi) is 0.866. The lowest BCUT2D eigenvalue weighted by molar-refractivity contribution is 0.224. The summed E-state index contributed by atoms with van der Waals surface area (Å²) in [5.41, 5.74) is 5.51. The molecule has 0 radical (unpaired) electrons. The van der Waals surface area contributed by atoms with Crippen molar-refractivity contribution in [1.29, 1.82) is 0 Å². The van der Waals surface area contributed by atoms with Gasteiger partial charge in [0.05, 0.1) is 0 Å². The van der Waals surface area contributed by atoms with E-state index in [0.717, 1.165) is 24.4 Å². The van der Waals surface area contributed by atoms with Crippen molar-refractivity contribution < 1.29 is 0 Å². The number of hydrogen-bond acceptors (Lipinski definition) is 2. The molecule has 1 saturated carbocycles.